The second kappa shape index (κ2) is 3.88. The molecular formula is C5H2ClFN2. The van der Waals surface area contributed by atoms with Gasteiger partial charge in [-0.05, 0) is 0 Å². The normalized spacial score (nSPS) is 7.11. The summed E-state index contributed by atoms with van der Waals surface area (Å²) in [5.41, 5.74) is -0.362. The van der Waals surface area contributed by atoms with E-state index in [1.165, 1.54) is 12.1 Å². The molecular weight excluding hydrogens is 143 g/mol. The van der Waals surface area contributed by atoms with Gasteiger partial charge in [0.25, 0.3) is 0 Å². The van der Waals surface area contributed by atoms with Crippen molar-refractivity contribution < 1.29 is 4.39 Å². The number of nitrogens with zero attached hydrogens (tertiary/aromatic N) is 2. The number of hydrogen-bond donors (Lipinski definition) is 0. The lowest BCUT2D eigenvalue weighted by molar-refractivity contribution is 0.555. The van der Waals surface area contributed by atoms with E-state index < -0.39 is 6.67 Å². The topological polar surface area (TPSA) is 47.6 Å². The molecule has 9 heavy (non-hydrogen) atoms. The van der Waals surface area contributed by atoms with Gasteiger partial charge in [-0.15, -0.1) is 0 Å². The highest BCUT2D eigenvalue weighted by atomic mass is 35.5. The van der Waals surface area contributed by atoms with Gasteiger partial charge in [0.05, 0.1) is 5.03 Å². The Hall–Kier alpha value is -1.06. The van der Waals surface area contributed by atoms with Crippen LogP contribution in [0.3, 0.4) is 0 Å². The van der Waals surface area contributed by atoms with Gasteiger partial charge >= 0.3 is 0 Å². The van der Waals surface area contributed by atoms with Crippen molar-refractivity contribution in [2.24, 2.45) is 0 Å². The van der Waals surface area contributed by atoms with Gasteiger partial charge < -0.3 is 0 Å². The molecule has 0 rings (SSSR count). The third kappa shape index (κ3) is 2.12. The highest BCUT2D eigenvalue weighted by molar-refractivity contribution is 6.30. The van der Waals surface area contributed by atoms with Gasteiger partial charge in [-0.25, -0.2) is 4.39 Å². The molecule has 0 fully saturated rings. The first-order valence-corrected chi connectivity index (χ1v) is 2.38. The molecule has 0 spiro atoms. The summed E-state index contributed by atoms with van der Waals surface area (Å²) >= 11 is 5.09. The Kier molecular flexibility index (Phi) is 3.43. The van der Waals surface area contributed by atoms with Crippen LogP contribution >= 0.6 is 11.6 Å². The fourth-order valence-electron chi connectivity index (χ4n) is 0.213. The van der Waals surface area contributed by atoms with Crippen LogP contribution in [0.2, 0.25) is 0 Å². The summed E-state index contributed by atoms with van der Waals surface area (Å²) in [5, 5.41) is 15.8. The summed E-state index contributed by atoms with van der Waals surface area (Å²) in [6, 6.07) is 2.90. The monoisotopic (exact) mass is 144 g/mol. The second-order valence-corrected chi connectivity index (χ2v) is 1.59. The first-order chi connectivity index (χ1) is 4.26. The average Bonchev–Trinajstić information content (AvgIpc) is 1.90. The van der Waals surface area contributed by atoms with E-state index in [-0.39, 0.29) is 10.6 Å². The molecule has 0 amide bonds. The zero-order valence-corrected chi connectivity index (χ0v) is 5.11. The Bertz CT molecular complexity index is 192. The highest BCUT2D eigenvalue weighted by Crippen LogP contribution is 2.07. The summed E-state index contributed by atoms with van der Waals surface area (Å²) in [7, 11) is 0. The fraction of sp³-hybridized carbons (Fsp3) is 0.200. The molecule has 0 N–H and O–H groups in total. The average molecular weight is 145 g/mol. The van der Waals surface area contributed by atoms with Crippen LogP contribution in [0.5, 0.6) is 0 Å². The fourth-order valence-corrected chi connectivity index (χ4v) is 0.298. The minimum absolute atomic E-state index is 0.333. The van der Waals surface area contributed by atoms with Gasteiger partial charge in [0.2, 0.25) is 0 Å². The van der Waals surface area contributed by atoms with E-state index in [9.17, 15) is 4.39 Å². The quantitative estimate of drug-likeness (QED) is 0.524. The number of hydrogen-bond acceptors (Lipinski definition) is 2. The van der Waals surface area contributed by atoms with E-state index in [2.05, 4.69) is 0 Å². The molecule has 0 aliphatic rings. The second-order valence-electron chi connectivity index (χ2n) is 1.14. The lowest BCUT2D eigenvalue weighted by atomic mass is 10.3. The Labute approximate surface area is 56.8 Å². The molecule has 4 heteroatoms. The summed E-state index contributed by atoms with van der Waals surface area (Å²) in [6.45, 7) is -0.960. The Morgan fingerprint density at radius 3 is 2.00 bits per heavy atom. The Morgan fingerprint density at radius 2 is 1.89 bits per heavy atom. The minimum Gasteiger partial charge on any atom is -0.245 e. The van der Waals surface area contributed by atoms with Crippen molar-refractivity contribution in [1.82, 2.24) is 0 Å². The van der Waals surface area contributed by atoms with Crippen molar-refractivity contribution in [3.63, 3.8) is 0 Å². The molecule has 0 aromatic heterocycles. The van der Waals surface area contributed by atoms with Crippen molar-refractivity contribution in [3.05, 3.63) is 10.6 Å². The van der Waals surface area contributed by atoms with Gasteiger partial charge in [-0.1, -0.05) is 11.6 Å². The van der Waals surface area contributed by atoms with Gasteiger partial charge in [0.1, 0.15) is 24.4 Å². The molecule has 0 bridgehead atoms. The van der Waals surface area contributed by atoms with Crippen molar-refractivity contribution >= 4 is 11.6 Å². The predicted octanol–water partition coefficient (Wildman–Crippen LogP) is 1.50. The lowest BCUT2D eigenvalue weighted by Crippen LogP contribution is -1.80. The molecule has 2 nitrogen and oxygen atoms in total. The first-order valence-electron chi connectivity index (χ1n) is 2.01. The van der Waals surface area contributed by atoms with Crippen LogP contribution in [-0.2, 0) is 0 Å². The van der Waals surface area contributed by atoms with Crippen molar-refractivity contribution in [2.75, 3.05) is 6.67 Å². The Morgan fingerprint density at radius 1 is 1.44 bits per heavy atom. The zero-order valence-electron chi connectivity index (χ0n) is 4.36. The van der Waals surface area contributed by atoms with Crippen molar-refractivity contribution in [2.45, 2.75) is 0 Å². The van der Waals surface area contributed by atoms with Crippen LogP contribution in [0.1, 0.15) is 0 Å². The van der Waals surface area contributed by atoms with Gasteiger partial charge in [-0.2, -0.15) is 10.5 Å². The van der Waals surface area contributed by atoms with E-state index in [0.717, 1.165) is 0 Å². The first kappa shape index (κ1) is 7.94. The number of halogens is 2. The van der Waals surface area contributed by atoms with Crippen LogP contribution in [0.15, 0.2) is 10.6 Å². The van der Waals surface area contributed by atoms with Crippen LogP contribution in [0.25, 0.3) is 0 Å². The van der Waals surface area contributed by atoms with Gasteiger partial charge in [0.15, 0.2) is 0 Å². The molecule has 0 heterocycles. The SMILES string of the molecule is N#CC(C#N)=C(Cl)CF. The maximum atomic E-state index is 11.5. The number of alkyl halides is 1. The molecule has 0 aromatic carbocycles. The van der Waals surface area contributed by atoms with Crippen LogP contribution < -0.4 is 0 Å². The maximum absolute atomic E-state index is 11.5. The third-order valence-corrected chi connectivity index (χ3v) is 0.902. The predicted molar refractivity (Wildman–Crippen MR) is 30.1 cm³/mol. The van der Waals surface area contributed by atoms with Crippen LogP contribution in [-0.4, -0.2) is 6.67 Å². The standard InChI is InChI=1S/C5H2ClFN2/c6-5(1-7)4(2-8)3-9/h1H2. The largest absolute Gasteiger partial charge is 0.245 e. The summed E-state index contributed by atoms with van der Waals surface area (Å²) in [5.74, 6) is 0. The van der Waals surface area contributed by atoms with Crippen LogP contribution in [0.4, 0.5) is 4.39 Å². The van der Waals surface area contributed by atoms with E-state index in [1.807, 2.05) is 0 Å². The number of allylic oxidation sites excluding steroid dienone is 2. The summed E-state index contributed by atoms with van der Waals surface area (Å²) < 4.78 is 11.5. The lowest BCUT2D eigenvalue weighted by Gasteiger charge is -1.84. The minimum atomic E-state index is -0.960. The smallest absolute Gasteiger partial charge is 0.146 e. The molecule has 0 atom stereocenters. The zero-order chi connectivity index (χ0) is 7.28. The molecule has 0 aliphatic heterocycles. The Balaban J connectivity index is 4.49. The van der Waals surface area contributed by atoms with E-state index >= 15 is 0 Å². The molecule has 0 radical (unpaired) electrons. The van der Waals surface area contributed by atoms with E-state index in [0.29, 0.717) is 0 Å². The van der Waals surface area contributed by atoms with Crippen molar-refractivity contribution in [3.8, 4) is 12.1 Å². The number of rotatable bonds is 1. The maximum Gasteiger partial charge on any atom is 0.146 e. The molecule has 0 saturated heterocycles. The molecule has 0 unspecified atom stereocenters. The molecule has 0 saturated carbocycles. The van der Waals surface area contributed by atoms with Crippen molar-refractivity contribution in [1.29, 1.82) is 10.5 Å². The highest BCUT2D eigenvalue weighted by Gasteiger charge is 2.00. The van der Waals surface area contributed by atoms with E-state index in [4.69, 9.17) is 22.1 Å². The molecule has 0 aliphatic carbocycles. The number of nitriles is 2. The third-order valence-electron chi connectivity index (χ3n) is 0.612. The van der Waals surface area contributed by atoms with Crippen LogP contribution in [0, 0.1) is 22.7 Å². The van der Waals surface area contributed by atoms with E-state index in [1.54, 1.807) is 0 Å². The van der Waals surface area contributed by atoms with Gasteiger partial charge in [-0.3, -0.25) is 0 Å². The summed E-state index contributed by atoms with van der Waals surface area (Å²) in [6.07, 6.45) is 0. The summed E-state index contributed by atoms with van der Waals surface area (Å²) in [4.78, 5) is 0. The molecule has 0 aromatic rings. The molecule has 46 valence electrons. The van der Waals surface area contributed by atoms with Gasteiger partial charge in [0, 0.05) is 0 Å².